The topological polar surface area (TPSA) is 76.2 Å². The zero-order chi connectivity index (χ0) is 13.6. The van der Waals surface area contributed by atoms with E-state index in [1.54, 1.807) is 0 Å². The average molecular weight is 260 g/mol. The molecule has 1 aliphatic carbocycles. The number of aliphatic carboxylic acids is 1. The lowest BCUT2D eigenvalue weighted by Crippen LogP contribution is -2.55. The van der Waals surface area contributed by atoms with E-state index in [2.05, 4.69) is 4.98 Å². The fourth-order valence-electron chi connectivity index (χ4n) is 2.32. The van der Waals surface area contributed by atoms with Crippen molar-refractivity contribution in [1.82, 2.24) is 4.98 Å². The molecule has 98 valence electrons. The summed E-state index contributed by atoms with van der Waals surface area (Å²) in [6, 6.07) is 1.58. The molecule has 1 heterocycles. The summed E-state index contributed by atoms with van der Waals surface area (Å²) in [7, 11) is 0. The fourth-order valence-corrected chi connectivity index (χ4v) is 2.32. The van der Waals surface area contributed by atoms with Crippen molar-refractivity contribution in [3.63, 3.8) is 0 Å². The third-order valence-corrected chi connectivity index (χ3v) is 3.20. The molecule has 18 heavy (non-hydrogen) atoms. The van der Waals surface area contributed by atoms with Crippen LogP contribution < -0.4 is 5.73 Å². The highest BCUT2D eigenvalue weighted by atomic mass is 19.4. The van der Waals surface area contributed by atoms with E-state index in [4.69, 9.17) is 5.73 Å². The van der Waals surface area contributed by atoms with Crippen LogP contribution in [0.1, 0.15) is 24.1 Å². The van der Waals surface area contributed by atoms with E-state index in [9.17, 15) is 23.1 Å². The van der Waals surface area contributed by atoms with Crippen LogP contribution in [-0.4, -0.2) is 22.1 Å². The zero-order valence-electron chi connectivity index (χ0n) is 9.24. The lowest BCUT2D eigenvalue weighted by molar-refractivity contribution is -0.151. The SMILES string of the molecule is NC1CC(C(=O)O)(c2ncccc2C(F)(F)F)C1. The molecule has 1 fully saturated rings. The second kappa shape index (κ2) is 3.94. The number of hydrogen-bond acceptors (Lipinski definition) is 3. The Kier molecular flexibility index (Phi) is 2.81. The third-order valence-electron chi connectivity index (χ3n) is 3.20. The van der Waals surface area contributed by atoms with Crippen LogP contribution in [0.5, 0.6) is 0 Å². The highest BCUT2D eigenvalue weighted by Gasteiger charge is 2.55. The lowest BCUT2D eigenvalue weighted by Gasteiger charge is -2.42. The molecule has 0 aromatic carbocycles. The Morgan fingerprint density at radius 2 is 2.11 bits per heavy atom. The number of nitrogens with zero attached hydrogens (tertiary/aromatic N) is 1. The minimum atomic E-state index is -4.62. The second-order valence-electron chi connectivity index (χ2n) is 4.45. The summed E-state index contributed by atoms with van der Waals surface area (Å²) in [6.45, 7) is 0. The van der Waals surface area contributed by atoms with Crippen LogP contribution in [0.4, 0.5) is 13.2 Å². The summed E-state index contributed by atoms with van der Waals surface area (Å²) in [4.78, 5) is 14.9. The van der Waals surface area contributed by atoms with Crippen LogP contribution in [0.2, 0.25) is 0 Å². The zero-order valence-corrected chi connectivity index (χ0v) is 9.24. The van der Waals surface area contributed by atoms with E-state index in [0.717, 1.165) is 12.1 Å². The van der Waals surface area contributed by atoms with Crippen molar-refractivity contribution >= 4 is 5.97 Å². The van der Waals surface area contributed by atoms with Gasteiger partial charge in [-0.2, -0.15) is 13.2 Å². The molecule has 2 rings (SSSR count). The first-order valence-electron chi connectivity index (χ1n) is 5.29. The van der Waals surface area contributed by atoms with Gasteiger partial charge in [-0.25, -0.2) is 0 Å². The lowest BCUT2D eigenvalue weighted by atomic mass is 9.62. The second-order valence-corrected chi connectivity index (χ2v) is 4.45. The summed E-state index contributed by atoms with van der Waals surface area (Å²) in [6.07, 6.45) is -3.50. The summed E-state index contributed by atoms with van der Waals surface area (Å²) in [5.41, 5.74) is 2.47. The Hall–Kier alpha value is -1.63. The maximum absolute atomic E-state index is 12.8. The van der Waals surface area contributed by atoms with Gasteiger partial charge in [-0.15, -0.1) is 0 Å². The highest BCUT2D eigenvalue weighted by molar-refractivity contribution is 5.83. The van der Waals surface area contributed by atoms with Crippen molar-refractivity contribution in [2.45, 2.75) is 30.5 Å². The number of nitrogens with two attached hydrogens (primary N) is 1. The highest BCUT2D eigenvalue weighted by Crippen LogP contribution is 2.46. The molecule has 0 amide bonds. The molecule has 0 radical (unpaired) electrons. The summed E-state index contributed by atoms with van der Waals surface area (Å²) in [5, 5.41) is 9.18. The monoisotopic (exact) mass is 260 g/mol. The molecular weight excluding hydrogens is 249 g/mol. The number of pyridine rings is 1. The summed E-state index contributed by atoms with van der Waals surface area (Å²) < 4.78 is 38.5. The van der Waals surface area contributed by atoms with Gasteiger partial charge in [-0.3, -0.25) is 9.78 Å². The Morgan fingerprint density at radius 3 is 2.56 bits per heavy atom. The predicted molar refractivity (Wildman–Crippen MR) is 55.8 cm³/mol. The van der Waals surface area contributed by atoms with E-state index in [1.165, 1.54) is 6.20 Å². The minimum Gasteiger partial charge on any atom is -0.481 e. The van der Waals surface area contributed by atoms with E-state index < -0.39 is 34.9 Å². The van der Waals surface area contributed by atoms with E-state index >= 15 is 0 Å². The molecule has 0 bridgehead atoms. The molecule has 0 unspecified atom stereocenters. The van der Waals surface area contributed by atoms with Crippen molar-refractivity contribution in [3.8, 4) is 0 Å². The number of carboxylic acid groups (broad SMARTS) is 1. The van der Waals surface area contributed by atoms with Crippen molar-refractivity contribution in [3.05, 3.63) is 29.6 Å². The Morgan fingerprint density at radius 1 is 1.50 bits per heavy atom. The Labute approximate surface area is 101 Å². The number of aromatic nitrogens is 1. The number of hydrogen-bond donors (Lipinski definition) is 2. The molecular formula is C11H11F3N2O2. The molecule has 1 aromatic heterocycles. The summed E-state index contributed by atoms with van der Waals surface area (Å²) >= 11 is 0. The fraction of sp³-hybridized carbons (Fsp3) is 0.455. The summed E-state index contributed by atoms with van der Waals surface area (Å²) in [5.74, 6) is -1.31. The van der Waals surface area contributed by atoms with Gasteiger partial charge in [0.25, 0.3) is 0 Å². The first kappa shape index (κ1) is 12.8. The van der Waals surface area contributed by atoms with E-state index in [0.29, 0.717) is 0 Å². The van der Waals surface area contributed by atoms with Gasteiger partial charge in [-0.05, 0) is 25.0 Å². The standard InChI is InChI=1S/C11H11F3N2O2/c12-11(13,14)7-2-1-3-16-8(7)10(9(17)18)4-6(15)5-10/h1-3,6H,4-5,15H2,(H,17,18). The predicted octanol–water partition coefficient (Wildman–Crippen LogP) is 1.54. The van der Waals surface area contributed by atoms with Gasteiger partial charge >= 0.3 is 12.1 Å². The molecule has 0 saturated heterocycles. The van der Waals surface area contributed by atoms with Crippen LogP contribution in [0, 0.1) is 0 Å². The first-order chi connectivity index (χ1) is 8.27. The normalized spacial score (nSPS) is 27.7. The van der Waals surface area contributed by atoms with Crippen molar-refractivity contribution in [1.29, 1.82) is 0 Å². The van der Waals surface area contributed by atoms with Crippen LogP contribution >= 0.6 is 0 Å². The molecule has 0 aliphatic heterocycles. The van der Waals surface area contributed by atoms with Gasteiger partial charge in [0.2, 0.25) is 0 Å². The average Bonchev–Trinajstić information content (AvgIpc) is 2.23. The number of alkyl halides is 3. The number of carbonyl (C=O) groups is 1. The van der Waals surface area contributed by atoms with Crippen LogP contribution in [-0.2, 0) is 16.4 Å². The van der Waals surface area contributed by atoms with Gasteiger partial charge in [0.15, 0.2) is 0 Å². The minimum absolute atomic E-state index is 0.0254. The van der Waals surface area contributed by atoms with Gasteiger partial charge < -0.3 is 10.8 Å². The van der Waals surface area contributed by atoms with Gasteiger partial charge in [-0.1, -0.05) is 0 Å². The molecule has 1 aliphatic rings. The quantitative estimate of drug-likeness (QED) is 0.845. The third kappa shape index (κ3) is 1.84. The van der Waals surface area contributed by atoms with Gasteiger partial charge in [0.05, 0.1) is 11.3 Å². The van der Waals surface area contributed by atoms with Crippen LogP contribution in [0.25, 0.3) is 0 Å². The number of rotatable bonds is 2. The van der Waals surface area contributed by atoms with Crippen molar-refractivity contribution in [2.24, 2.45) is 5.73 Å². The largest absolute Gasteiger partial charge is 0.481 e. The number of carboxylic acids is 1. The molecule has 3 N–H and O–H groups in total. The number of halogens is 3. The first-order valence-corrected chi connectivity index (χ1v) is 5.29. The Balaban J connectivity index is 2.54. The van der Waals surface area contributed by atoms with E-state index in [1.807, 2.05) is 0 Å². The van der Waals surface area contributed by atoms with E-state index in [-0.39, 0.29) is 12.8 Å². The maximum atomic E-state index is 12.8. The van der Waals surface area contributed by atoms with Gasteiger partial charge in [0.1, 0.15) is 5.41 Å². The smallest absolute Gasteiger partial charge is 0.418 e. The molecule has 1 saturated carbocycles. The molecule has 0 atom stereocenters. The van der Waals surface area contributed by atoms with Crippen molar-refractivity contribution in [2.75, 3.05) is 0 Å². The Bertz CT molecular complexity index is 481. The molecule has 4 nitrogen and oxygen atoms in total. The maximum Gasteiger partial charge on any atom is 0.418 e. The molecule has 1 aromatic rings. The van der Waals surface area contributed by atoms with Gasteiger partial charge in [0, 0.05) is 12.2 Å². The molecule has 7 heteroatoms. The van der Waals surface area contributed by atoms with Crippen LogP contribution in [0.3, 0.4) is 0 Å². The van der Waals surface area contributed by atoms with Crippen LogP contribution in [0.15, 0.2) is 18.3 Å². The van der Waals surface area contributed by atoms with Crippen molar-refractivity contribution < 1.29 is 23.1 Å². The molecule has 0 spiro atoms.